The zero-order chi connectivity index (χ0) is 31.4. The number of carbonyl (C=O) groups is 1. The van der Waals surface area contributed by atoms with Gasteiger partial charge in [-0.3, -0.25) is 14.8 Å². The number of allylic oxidation sites excluding steroid dienone is 2. The van der Waals surface area contributed by atoms with Crippen LogP contribution < -0.4 is 0 Å². The van der Waals surface area contributed by atoms with E-state index in [1.165, 1.54) is 64.6 Å². The van der Waals surface area contributed by atoms with Gasteiger partial charge in [-0.2, -0.15) is 0 Å². The van der Waals surface area contributed by atoms with E-state index in [9.17, 15) is 9.90 Å². The molecule has 6 rings (SSSR count). The second kappa shape index (κ2) is 15.1. The maximum atomic E-state index is 11.7. The maximum Gasteiger partial charge on any atom is 0.162 e. The van der Waals surface area contributed by atoms with Crippen LogP contribution in [0.5, 0.6) is 0 Å². The molecule has 1 fully saturated rings. The van der Waals surface area contributed by atoms with Gasteiger partial charge < -0.3 is 5.11 Å². The van der Waals surface area contributed by atoms with Crippen molar-refractivity contribution in [1.29, 1.82) is 0 Å². The Morgan fingerprint density at radius 2 is 1.67 bits per heavy atom. The fourth-order valence-corrected chi connectivity index (χ4v) is 7.59. The second-order valence-corrected chi connectivity index (χ2v) is 13.3. The standard InChI is InChI=1S/C27H25N2.C13H24O2.Ir/c1-17(2)13-18-7-6-10-24-21(18)14-22-26(29-24)20-9-5-8-19-15-28-16-23(25(19)20)27(22)11-3-4-12-27;1-5-10(6-2)12(14)9-13(15)11(7-3)8-4;/h5-8,10,14-17H,3-4,11-13H2,1-2H3;9-11,14H,5-8H2,1-4H3;/q-1;;/b;12-9-;. The molecule has 2 aromatic heterocycles. The number of aromatic nitrogens is 2. The summed E-state index contributed by atoms with van der Waals surface area (Å²) in [6, 6.07) is 16.8. The Morgan fingerprint density at radius 1 is 0.978 bits per heavy atom. The van der Waals surface area contributed by atoms with E-state index in [0.717, 1.165) is 48.9 Å². The van der Waals surface area contributed by atoms with Gasteiger partial charge in [0.2, 0.25) is 0 Å². The molecule has 241 valence electrons. The van der Waals surface area contributed by atoms with Gasteiger partial charge in [0.15, 0.2) is 5.78 Å². The Morgan fingerprint density at radius 3 is 2.31 bits per heavy atom. The molecular weight excluding hydrogens is 733 g/mol. The summed E-state index contributed by atoms with van der Waals surface area (Å²) in [5, 5.41) is 13.6. The zero-order valence-corrected chi connectivity index (χ0v) is 30.3. The van der Waals surface area contributed by atoms with Crippen LogP contribution >= 0.6 is 0 Å². The van der Waals surface area contributed by atoms with E-state index in [2.05, 4.69) is 61.4 Å². The van der Waals surface area contributed by atoms with Crippen molar-refractivity contribution in [1.82, 2.24) is 9.97 Å². The molecule has 1 N–H and O–H groups in total. The van der Waals surface area contributed by atoms with Gasteiger partial charge in [0.1, 0.15) is 0 Å². The van der Waals surface area contributed by atoms with E-state index in [1.807, 2.05) is 40.0 Å². The molecule has 4 aromatic rings. The molecule has 2 aliphatic rings. The minimum Gasteiger partial charge on any atom is -0.512 e. The van der Waals surface area contributed by atoms with E-state index >= 15 is 0 Å². The number of hydrogen-bond acceptors (Lipinski definition) is 4. The first-order chi connectivity index (χ1) is 21.3. The Bertz CT molecular complexity index is 1660. The number of nitrogens with zero attached hydrogens (tertiary/aromatic N) is 2. The summed E-state index contributed by atoms with van der Waals surface area (Å²) in [7, 11) is 0. The first kappa shape index (κ1) is 35.0. The predicted molar refractivity (Wildman–Crippen MR) is 183 cm³/mol. The van der Waals surface area contributed by atoms with Gasteiger partial charge in [0, 0.05) is 61.2 Å². The summed E-state index contributed by atoms with van der Waals surface area (Å²) in [5.74, 6) is 1.18. The molecule has 2 aliphatic carbocycles. The van der Waals surface area contributed by atoms with Crippen LogP contribution in [0, 0.1) is 23.8 Å². The Balaban J connectivity index is 0.000000249. The summed E-state index contributed by atoms with van der Waals surface area (Å²) < 4.78 is 0. The number of aliphatic hydroxyl groups excluding tert-OH is 1. The molecule has 2 aromatic carbocycles. The molecular formula is C40H49IrN2O2-. The van der Waals surface area contributed by atoms with Gasteiger partial charge in [-0.05, 0) is 68.2 Å². The third-order valence-corrected chi connectivity index (χ3v) is 10.1. The quantitative estimate of drug-likeness (QED) is 0.104. The maximum absolute atomic E-state index is 11.7. The number of carbonyl (C=O) groups excluding carboxylic acids is 1. The van der Waals surface area contributed by atoms with Crippen molar-refractivity contribution < 1.29 is 30.0 Å². The normalized spacial score (nSPS) is 15.0. The number of benzene rings is 2. The topological polar surface area (TPSA) is 63.1 Å². The average Bonchev–Trinajstić information content (AvgIpc) is 3.51. The van der Waals surface area contributed by atoms with Crippen molar-refractivity contribution in [2.75, 3.05) is 0 Å². The minimum absolute atomic E-state index is 0. The number of hydrogen-bond donors (Lipinski definition) is 1. The molecule has 45 heavy (non-hydrogen) atoms. The molecule has 0 atom stereocenters. The van der Waals surface area contributed by atoms with Crippen LogP contribution in [0.15, 0.2) is 60.6 Å². The number of rotatable bonds is 9. The molecule has 1 saturated carbocycles. The van der Waals surface area contributed by atoms with Crippen LogP contribution in [0.3, 0.4) is 0 Å². The van der Waals surface area contributed by atoms with Crippen molar-refractivity contribution in [3.8, 4) is 11.3 Å². The Labute approximate surface area is 283 Å². The van der Waals surface area contributed by atoms with Gasteiger partial charge in [-0.25, -0.2) is 0 Å². The van der Waals surface area contributed by atoms with E-state index in [4.69, 9.17) is 4.98 Å². The molecule has 0 unspecified atom stereocenters. The summed E-state index contributed by atoms with van der Waals surface area (Å²) in [6.45, 7) is 12.7. The largest absolute Gasteiger partial charge is 0.512 e. The number of pyridine rings is 2. The molecule has 0 bridgehead atoms. The average molecular weight is 782 g/mol. The van der Waals surface area contributed by atoms with Crippen LogP contribution in [0.2, 0.25) is 0 Å². The van der Waals surface area contributed by atoms with Gasteiger partial charge >= 0.3 is 0 Å². The summed E-state index contributed by atoms with van der Waals surface area (Å²) in [4.78, 5) is 21.6. The monoisotopic (exact) mass is 782 g/mol. The zero-order valence-electron chi connectivity index (χ0n) is 27.9. The molecule has 5 heteroatoms. The van der Waals surface area contributed by atoms with Crippen LogP contribution in [0.25, 0.3) is 32.9 Å². The molecule has 0 aliphatic heterocycles. The van der Waals surface area contributed by atoms with Crippen molar-refractivity contribution in [2.24, 2.45) is 17.8 Å². The summed E-state index contributed by atoms with van der Waals surface area (Å²) >= 11 is 0. The van der Waals surface area contributed by atoms with E-state index in [1.54, 1.807) is 0 Å². The molecule has 4 nitrogen and oxygen atoms in total. The third kappa shape index (κ3) is 6.81. The Hall–Kier alpha value is -2.88. The SMILES string of the molecule is CC(C)Cc1cccc2nc3c(cc12)C1(CCCC1)c1cncc2cc[c-]c-3c12.CCC(CC)C(=O)/C=C(\O)C(CC)CC.[Ir]. The number of fused-ring (bicyclic) bond motifs is 5. The minimum atomic E-state index is 0. The third-order valence-electron chi connectivity index (χ3n) is 10.1. The molecule has 0 saturated heterocycles. The first-order valence-corrected chi connectivity index (χ1v) is 16.9. The predicted octanol–water partition coefficient (Wildman–Crippen LogP) is 10.5. The van der Waals surface area contributed by atoms with Crippen LogP contribution in [-0.2, 0) is 36.7 Å². The van der Waals surface area contributed by atoms with Crippen LogP contribution in [0.1, 0.15) is 110 Å². The van der Waals surface area contributed by atoms with Crippen molar-refractivity contribution in [2.45, 2.75) is 105 Å². The Kier molecular flexibility index (Phi) is 11.8. The van der Waals surface area contributed by atoms with Crippen LogP contribution in [-0.4, -0.2) is 20.9 Å². The molecule has 0 amide bonds. The summed E-state index contributed by atoms with van der Waals surface area (Å²) in [6.07, 6.45) is 15.0. The smallest absolute Gasteiger partial charge is 0.162 e. The van der Waals surface area contributed by atoms with E-state index < -0.39 is 0 Å². The van der Waals surface area contributed by atoms with Gasteiger partial charge in [-0.1, -0.05) is 94.5 Å². The van der Waals surface area contributed by atoms with Gasteiger partial charge in [0.05, 0.1) is 11.3 Å². The molecule has 2 heterocycles. The van der Waals surface area contributed by atoms with Crippen molar-refractivity contribution >= 4 is 27.5 Å². The second-order valence-electron chi connectivity index (χ2n) is 13.3. The van der Waals surface area contributed by atoms with E-state index in [-0.39, 0.29) is 48.9 Å². The van der Waals surface area contributed by atoms with Crippen LogP contribution in [0.4, 0.5) is 0 Å². The van der Waals surface area contributed by atoms with E-state index in [0.29, 0.717) is 5.92 Å². The molecule has 1 radical (unpaired) electrons. The molecule has 1 spiro atoms. The van der Waals surface area contributed by atoms with Gasteiger partial charge in [-0.15, -0.1) is 23.8 Å². The number of ketones is 1. The fourth-order valence-electron chi connectivity index (χ4n) is 7.59. The fraction of sp³-hybridized carbons (Fsp3) is 0.475. The summed E-state index contributed by atoms with van der Waals surface area (Å²) in [5.41, 5.74) is 7.68. The number of aliphatic hydroxyl groups is 1. The van der Waals surface area contributed by atoms with Crippen molar-refractivity contribution in [3.05, 3.63) is 83.4 Å². The first-order valence-electron chi connectivity index (χ1n) is 16.9. The van der Waals surface area contributed by atoms with Crippen molar-refractivity contribution in [3.63, 3.8) is 0 Å². The van der Waals surface area contributed by atoms with Gasteiger partial charge in [0.25, 0.3) is 0 Å².